The first-order valence-electron chi connectivity index (χ1n) is 8.59. The van der Waals surface area contributed by atoms with Gasteiger partial charge >= 0.3 is 0 Å². The number of hydrogen-bond donors (Lipinski definition) is 3. The Labute approximate surface area is 151 Å². The zero-order valence-electron chi connectivity index (χ0n) is 14.4. The maximum absolute atomic E-state index is 12.2. The highest BCUT2D eigenvalue weighted by atomic mass is 16.3. The third-order valence-corrected chi connectivity index (χ3v) is 4.96. The number of aromatic nitrogens is 2. The number of amides is 1. The Kier molecular flexibility index (Phi) is 4.05. The van der Waals surface area contributed by atoms with Gasteiger partial charge in [-0.05, 0) is 60.0 Å². The van der Waals surface area contributed by atoms with E-state index in [1.807, 2.05) is 37.4 Å². The lowest BCUT2D eigenvalue weighted by Crippen LogP contribution is -2.16. The molecule has 26 heavy (non-hydrogen) atoms. The quantitative estimate of drug-likeness (QED) is 0.629. The van der Waals surface area contributed by atoms with Crippen LogP contribution in [0.3, 0.4) is 0 Å². The van der Waals surface area contributed by atoms with Gasteiger partial charge in [-0.15, -0.1) is 0 Å². The summed E-state index contributed by atoms with van der Waals surface area (Å²) < 4.78 is 0. The van der Waals surface area contributed by atoms with Crippen molar-refractivity contribution in [3.63, 3.8) is 0 Å². The van der Waals surface area contributed by atoms with Crippen LogP contribution in [0, 0.1) is 18.8 Å². The first-order valence-corrected chi connectivity index (χ1v) is 8.59. The van der Waals surface area contributed by atoms with Crippen LogP contribution in [0.25, 0.3) is 21.9 Å². The summed E-state index contributed by atoms with van der Waals surface area (Å²) in [6, 6.07) is 7.74. The molecule has 6 nitrogen and oxygen atoms in total. The Morgan fingerprint density at radius 3 is 2.92 bits per heavy atom. The van der Waals surface area contributed by atoms with E-state index in [4.69, 9.17) is 10.8 Å². The number of carbonyl (C=O) groups excluding carboxylic acids is 1. The van der Waals surface area contributed by atoms with Crippen LogP contribution in [0.2, 0.25) is 0 Å². The second-order valence-corrected chi connectivity index (χ2v) is 6.82. The molecular weight excluding hydrogens is 328 g/mol. The van der Waals surface area contributed by atoms with Gasteiger partial charge in [0.15, 0.2) is 0 Å². The summed E-state index contributed by atoms with van der Waals surface area (Å²) >= 11 is 0. The molecule has 0 saturated heterocycles. The van der Waals surface area contributed by atoms with Crippen LogP contribution in [0.15, 0.2) is 42.9 Å². The van der Waals surface area contributed by atoms with E-state index in [9.17, 15) is 4.79 Å². The van der Waals surface area contributed by atoms with E-state index in [1.54, 1.807) is 12.4 Å². The summed E-state index contributed by atoms with van der Waals surface area (Å²) in [6.45, 7) is 2.08. The molecule has 1 aromatic carbocycles. The lowest BCUT2D eigenvalue weighted by atomic mass is 9.99. The molecule has 1 fully saturated rings. The molecule has 2 aromatic heterocycles. The number of benzene rings is 1. The highest BCUT2D eigenvalue weighted by Crippen LogP contribution is 2.39. The first-order chi connectivity index (χ1) is 12.6. The second-order valence-electron chi connectivity index (χ2n) is 6.82. The summed E-state index contributed by atoms with van der Waals surface area (Å²) in [6.07, 6.45) is 5.99. The van der Waals surface area contributed by atoms with E-state index < -0.39 is 0 Å². The molecule has 1 aliphatic carbocycles. The van der Waals surface area contributed by atoms with Crippen molar-refractivity contribution in [1.82, 2.24) is 9.97 Å². The van der Waals surface area contributed by atoms with Crippen molar-refractivity contribution >= 4 is 28.2 Å². The maximum atomic E-state index is 12.2. The predicted molar refractivity (Wildman–Crippen MR) is 101 cm³/mol. The Bertz CT molecular complexity index is 1000. The van der Waals surface area contributed by atoms with Gasteiger partial charge in [-0.3, -0.25) is 9.78 Å². The first kappa shape index (κ1) is 16.5. The van der Waals surface area contributed by atoms with E-state index in [2.05, 4.69) is 15.3 Å². The number of hydrogen-bond acceptors (Lipinski definition) is 5. The molecule has 1 amide bonds. The minimum atomic E-state index is -0.119. The number of nitrogens with two attached hydrogens (primary N) is 1. The van der Waals surface area contributed by atoms with E-state index >= 15 is 0 Å². The normalized spacial score (nSPS) is 18.7. The molecule has 4 rings (SSSR count). The van der Waals surface area contributed by atoms with Crippen molar-refractivity contribution in [3.05, 3.63) is 48.4 Å². The van der Waals surface area contributed by atoms with Crippen LogP contribution in [0.5, 0.6) is 0 Å². The van der Waals surface area contributed by atoms with Gasteiger partial charge in [-0.1, -0.05) is 0 Å². The molecule has 0 radical (unpaired) electrons. The second kappa shape index (κ2) is 6.38. The number of aliphatic hydroxyl groups is 1. The van der Waals surface area contributed by atoms with Crippen LogP contribution >= 0.6 is 0 Å². The van der Waals surface area contributed by atoms with E-state index in [1.165, 1.54) is 0 Å². The van der Waals surface area contributed by atoms with Crippen molar-refractivity contribution < 1.29 is 9.90 Å². The topological polar surface area (TPSA) is 101 Å². The summed E-state index contributed by atoms with van der Waals surface area (Å²) in [7, 11) is 0. The number of nitrogens with one attached hydrogen (secondary N) is 1. The fourth-order valence-corrected chi connectivity index (χ4v) is 3.27. The summed E-state index contributed by atoms with van der Waals surface area (Å²) in [5, 5.41) is 13.7. The van der Waals surface area contributed by atoms with Gasteiger partial charge < -0.3 is 16.2 Å². The van der Waals surface area contributed by atoms with Gasteiger partial charge in [0, 0.05) is 47.8 Å². The highest BCUT2D eigenvalue weighted by Gasteiger charge is 2.42. The molecule has 132 valence electrons. The number of aryl methyl sites for hydroxylation is 1. The Hall–Kier alpha value is -2.99. The fraction of sp³-hybridized carbons (Fsp3) is 0.250. The molecule has 4 N–H and O–H groups in total. The molecule has 0 unspecified atom stereocenters. The molecule has 2 heterocycles. The number of nitrogen functional groups attached to an aromatic ring is 1. The largest absolute Gasteiger partial charge is 0.398 e. The molecule has 0 bridgehead atoms. The van der Waals surface area contributed by atoms with E-state index in [0.717, 1.165) is 33.9 Å². The number of pyridine rings is 2. The smallest absolute Gasteiger partial charge is 0.229 e. The number of anilines is 2. The standard InChI is InChI=1S/C20H20N4O2/c1-11-2-3-22-8-16(11)12-4-13-7-19(23-9-17(13)18(21)6-12)24-20(26)15-5-14(15)10-25/h2-4,6-9,14-15,25H,5,10,21H2,1H3,(H,23,24,26)/t14-,15+/m1/s1. The van der Waals surface area contributed by atoms with Crippen molar-refractivity contribution in [1.29, 1.82) is 0 Å². The predicted octanol–water partition coefficient (Wildman–Crippen LogP) is 2.75. The highest BCUT2D eigenvalue weighted by molar-refractivity contribution is 6.00. The Morgan fingerprint density at radius 1 is 1.35 bits per heavy atom. The third kappa shape index (κ3) is 2.99. The number of aliphatic hydroxyl groups excluding tert-OH is 1. The Balaban J connectivity index is 1.68. The minimum Gasteiger partial charge on any atom is -0.398 e. The van der Waals surface area contributed by atoms with Gasteiger partial charge in [0.05, 0.1) is 0 Å². The Morgan fingerprint density at radius 2 is 2.19 bits per heavy atom. The SMILES string of the molecule is Cc1ccncc1-c1cc(N)c2cnc(NC(=O)[C@H]3C[C@@H]3CO)cc2c1. The molecule has 1 saturated carbocycles. The van der Waals surface area contributed by atoms with Gasteiger partial charge in [-0.25, -0.2) is 4.98 Å². The minimum absolute atomic E-state index is 0.0492. The summed E-state index contributed by atoms with van der Waals surface area (Å²) in [4.78, 5) is 20.7. The van der Waals surface area contributed by atoms with Crippen molar-refractivity contribution in [2.45, 2.75) is 13.3 Å². The zero-order chi connectivity index (χ0) is 18.3. The van der Waals surface area contributed by atoms with Crippen molar-refractivity contribution in [2.75, 3.05) is 17.7 Å². The van der Waals surface area contributed by atoms with Crippen LogP contribution < -0.4 is 11.1 Å². The van der Waals surface area contributed by atoms with Crippen LogP contribution in [0.4, 0.5) is 11.5 Å². The van der Waals surface area contributed by atoms with Gasteiger partial charge in [0.1, 0.15) is 5.82 Å². The maximum Gasteiger partial charge on any atom is 0.229 e. The lowest BCUT2D eigenvalue weighted by Gasteiger charge is -2.11. The molecule has 2 atom stereocenters. The number of rotatable bonds is 4. The molecule has 0 aliphatic heterocycles. The molecule has 6 heteroatoms. The van der Waals surface area contributed by atoms with Crippen LogP contribution in [-0.2, 0) is 4.79 Å². The van der Waals surface area contributed by atoms with Crippen molar-refractivity contribution in [2.24, 2.45) is 11.8 Å². The van der Waals surface area contributed by atoms with Gasteiger partial charge in [-0.2, -0.15) is 0 Å². The monoisotopic (exact) mass is 348 g/mol. The fourth-order valence-electron chi connectivity index (χ4n) is 3.27. The number of carbonyl (C=O) groups is 1. The third-order valence-electron chi connectivity index (χ3n) is 4.96. The number of nitrogens with zero attached hydrogens (tertiary/aromatic N) is 2. The van der Waals surface area contributed by atoms with Crippen molar-refractivity contribution in [3.8, 4) is 11.1 Å². The van der Waals surface area contributed by atoms with Crippen LogP contribution in [0.1, 0.15) is 12.0 Å². The van der Waals surface area contributed by atoms with E-state index in [-0.39, 0.29) is 24.3 Å². The molecular formula is C20H20N4O2. The van der Waals surface area contributed by atoms with E-state index in [0.29, 0.717) is 11.5 Å². The average Bonchev–Trinajstić information content (AvgIpc) is 3.42. The molecule has 3 aromatic rings. The van der Waals surface area contributed by atoms with Crippen LogP contribution in [-0.4, -0.2) is 27.6 Å². The summed E-state index contributed by atoms with van der Waals surface area (Å²) in [5.41, 5.74) is 9.96. The zero-order valence-corrected chi connectivity index (χ0v) is 14.4. The number of fused-ring (bicyclic) bond motifs is 1. The molecule has 1 aliphatic rings. The lowest BCUT2D eigenvalue weighted by molar-refractivity contribution is -0.117. The summed E-state index contributed by atoms with van der Waals surface area (Å²) in [5.74, 6) is 0.354. The average molecular weight is 348 g/mol. The molecule has 0 spiro atoms. The van der Waals surface area contributed by atoms with Gasteiger partial charge in [0.2, 0.25) is 5.91 Å². The van der Waals surface area contributed by atoms with Gasteiger partial charge in [0.25, 0.3) is 0 Å².